The number of rotatable bonds is 2. The lowest BCUT2D eigenvalue weighted by Gasteiger charge is -2.33. The molecule has 0 bridgehead atoms. The zero-order valence-electron chi connectivity index (χ0n) is 18.6. The van der Waals surface area contributed by atoms with Crippen molar-refractivity contribution in [2.24, 2.45) is 7.05 Å². The average molecular weight is 456 g/mol. The smallest absolute Gasteiger partial charge is 0.410 e. The maximum absolute atomic E-state index is 14.5. The van der Waals surface area contributed by atoms with Crippen molar-refractivity contribution in [2.75, 3.05) is 13.1 Å². The van der Waals surface area contributed by atoms with Crippen molar-refractivity contribution in [1.82, 2.24) is 24.1 Å². The maximum atomic E-state index is 14.5. The van der Waals surface area contributed by atoms with Gasteiger partial charge in [0.2, 0.25) is 0 Å². The first kappa shape index (κ1) is 20.9. The van der Waals surface area contributed by atoms with Crippen molar-refractivity contribution >= 4 is 33.3 Å². The maximum Gasteiger partial charge on any atom is 0.410 e. The van der Waals surface area contributed by atoms with Crippen LogP contribution in [0.25, 0.3) is 27.1 Å². The van der Waals surface area contributed by atoms with Crippen LogP contribution in [0.3, 0.4) is 0 Å². The molecular weight excluding hydrogens is 429 g/mol. The van der Waals surface area contributed by atoms with Crippen molar-refractivity contribution in [1.29, 1.82) is 0 Å². The number of thiazole rings is 1. The first-order chi connectivity index (χ1) is 15.2. The third-order valence-electron chi connectivity index (χ3n) is 5.70. The summed E-state index contributed by atoms with van der Waals surface area (Å²) in [7, 11) is 1.78. The second-order valence-corrected chi connectivity index (χ2v) is 10.4. The molecule has 0 atom stereocenters. The highest BCUT2D eigenvalue weighted by Crippen LogP contribution is 2.35. The Bertz CT molecular complexity index is 1280. The molecule has 1 amide bonds. The van der Waals surface area contributed by atoms with Gasteiger partial charge in [0.25, 0.3) is 0 Å². The molecule has 1 aliphatic heterocycles. The molecule has 1 aromatic carbocycles. The molecule has 1 aliphatic rings. The summed E-state index contributed by atoms with van der Waals surface area (Å²) in [4.78, 5) is 21.0. The predicted molar refractivity (Wildman–Crippen MR) is 123 cm³/mol. The molecule has 4 heterocycles. The third-order valence-corrected chi connectivity index (χ3v) is 6.85. The highest BCUT2D eigenvalue weighted by molar-refractivity contribution is 7.17. The normalized spacial score (nSPS) is 15.7. The minimum Gasteiger partial charge on any atom is -0.444 e. The second-order valence-electron chi connectivity index (χ2n) is 9.39. The van der Waals surface area contributed by atoms with Crippen LogP contribution >= 0.6 is 11.3 Å². The minimum absolute atomic E-state index is 0.237. The van der Waals surface area contributed by atoms with Crippen LogP contribution in [0.1, 0.15) is 44.4 Å². The molecule has 0 N–H and O–H groups in total. The third kappa shape index (κ3) is 3.97. The number of carbonyl (C=O) groups is 1. The number of amides is 1. The van der Waals surface area contributed by atoms with Gasteiger partial charge in [0.1, 0.15) is 11.1 Å². The van der Waals surface area contributed by atoms with Gasteiger partial charge < -0.3 is 9.64 Å². The van der Waals surface area contributed by atoms with Crippen LogP contribution in [0.4, 0.5) is 9.18 Å². The van der Waals surface area contributed by atoms with E-state index in [2.05, 4.69) is 11.3 Å². The number of piperidine rings is 1. The van der Waals surface area contributed by atoms with E-state index in [-0.39, 0.29) is 11.9 Å². The summed E-state index contributed by atoms with van der Waals surface area (Å²) in [5.41, 5.74) is 1.38. The number of hydrogen-bond donors (Lipinski definition) is 0. The number of ether oxygens (including phenoxy) is 1. The van der Waals surface area contributed by atoms with E-state index in [1.165, 1.54) is 10.9 Å². The molecular formula is C23H26FN5O2S. The van der Waals surface area contributed by atoms with Gasteiger partial charge in [-0.25, -0.2) is 14.2 Å². The summed E-state index contributed by atoms with van der Waals surface area (Å²) < 4.78 is 23.6. The van der Waals surface area contributed by atoms with Crippen LogP contribution < -0.4 is 0 Å². The summed E-state index contributed by atoms with van der Waals surface area (Å²) in [5, 5.41) is 4.92. The predicted octanol–water partition coefficient (Wildman–Crippen LogP) is 5.20. The Labute approximate surface area is 189 Å². The Balaban J connectivity index is 1.31. The molecule has 1 saturated heterocycles. The fourth-order valence-corrected chi connectivity index (χ4v) is 5.31. The number of benzene rings is 1. The number of imidazole rings is 1. The fraction of sp³-hybridized carbons (Fsp3) is 0.435. The Kier molecular flexibility index (Phi) is 4.96. The lowest BCUT2D eigenvalue weighted by molar-refractivity contribution is 0.0205. The number of hydrogen-bond acceptors (Lipinski definition) is 5. The van der Waals surface area contributed by atoms with Gasteiger partial charge in [0.15, 0.2) is 10.8 Å². The Morgan fingerprint density at radius 2 is 1.94 bits per heavy atom. The molecule has 32 heavy (non-hydrogen) atoms. The summed E-state index contributed by atoms with van der Waals surface area (Å²) in [5.74, 6) is 0.0555. The largest absolute Gasteiger partial charge is 0.444 e. The van der Waals surface area contributed by atoms with Gasteiger partial charge in [-0.2, -0.15) is 5.10 Å². The Hall–Kier alpha value is -2.94. The molecule has 9 heteroatoms. The number of fused-ring (bicyclic) bond motifs is 2. The quantitative estimate of drug-likeness (QED) is 0.417. The van der Waals surface area contributed by atoms with Gasteiger partial charge in [-0.05, 0) is 51.7 Å². The van der Waals surface area contributed by atoms with E-state index < -0.39 is 5.60 Å². The molecule has 3 aromatic heterocycles. The van der Waals surface area contributed by atoms with Crippen LogP contribution in [0.15, 0.2) is 30.7 Å². The molecule has 7 nitrogen and oxygen atoms in total. The van der Waals surface area contributed by atoms with Crippen molar-refractivity contribution < 1.29 is 13.9 Å². The van der Waals surface area contributed by atoms with Crippen LogP contribution in [-0.2, 0) is 11.8 Å². The summed E-state index contributed by atoms with van der Waals surface area (Å²) in [6.45, 7) is 7.04. The number of aromatic nitrogens is 4. The molecule has 1 fully saturated rings. The molecule has 0 aliphatic carbocycles. The molecule has 0 radical (unpaired) electrons. The van der Waals surface area contributed by atoms with Gasteiger partial charge in [-0.3, -0.25) is 9.08 Å². The van der Waals surface area contributed by atoms with Crippen LogP contribution in [-0.4, -0.2) is 48.8 Å². The second kappa shape index (κ2) is 7.58. The molecule has 168 valence electrons. The Morgan fingerprint density at radius 1 is 1.19 bits per heavy atom. The lowest BCUT2D eigenvalue weighted by Crippen LogP contribution is -2.41. The van der Waals surface area contributed by atoms with E-state index in [4.69, 9.17) is 9.72 Å². The number of nitrogens with zero attached hydrogens (tertiary/aromatic N) is 5. The van der Waals surface area contributed by atoms with Crippen molar-refractivity contribution in [3.8, 4) is 11.3 Å². The molecule has 0 saturated carbocycles. The van der Waals surface area contributed by atoms with Crippen molar-refractivity contribution in [2.45, 2.75) is 45.1 Å². The lowest BCUT2D eigenvalue weighted by atomic mass is 9.96. The SMILES string of the molecule is Cn1cc2cc(-c3cn4cc(C5CCN(C(=O)OC(C)(C)C)CC5)sc4n3)cc(F)c2n1. The van der Waals surface area contributed by atoms with E-state index in [9.17, 15) is 9.18 Å². The summed E-state index contributed by atoms with van der Waals surface area (Å²) in [6.07, 6.45) is 7.43. The summed E-state index contributed by atoms with van der Waals surface area (Å²) in [6, 6.07) is 3.42. The number of carbonyl (C=O) groups excluding carboxylic acids is 1. The van der Waals surface area contributed by atoms with Gasteiger partial charge >= 0.3 is 6.09 Å². The van der Waals surface area contributed by atoms with Gasteiger partial charge in [-0.15, -0.1) is 11.3 Å². The standard InChI is InChI=1S/C23H26FN5O2S/c1-23(2,3)31-22(30)28-7-5-14(6-8-28)19-13-29-12-18(25-21(29)32-19)15-9-16-11-27(4)26-20(16)17(24)10-15/h9-14H,5-8H2,1-4H3. The highest BCUT2D eigenvalue weighted by atomic mass is 32.1. The van der Waals surface area contributed by atoms with Gasteiger partial charge in [0.05, 0.1) is 5.69 Å². The first-order valence-corrected chi connectivity index (χ1v) is 11.6. The van der Waals surface area contributed by atoms with Crippen LogP contribution in [0.5, 0.6) is 0 Å². The molecule has 4 aromatic rings. The zero-order valence-corrected chi connectivity index (χ0v) is 19.4. The molecule has 0 unspecified atom stereocenters. The minimum atomic E-state index is -0.477. The number of halogens is 1. The number of aryl methyl sites for hydroxylation is 1. The van der Waals surface area contributed by atoms with Crippen LogP contribution in [0, 0.1) is 5.82 Å². The topological polar surface area (TPSA) is 64.7 Å². The number of likely N-dealkylation sites (tertiary alicyclic amines) is 1. The Morgan fingerprint density at radius 3 is 2.62 bits per heavy atom. The van der Waals surface area contributed by atoms with Crippen molar-refractivity contribution in [3.05, 3.63) is 41.4 Å². The van der Waals surface area contributed by atoms with E-state index in [0.29, 0.717) is 24.5 Å². The molecule has 5 rings (SSSR count). The van der Waals surface area contributed by atoms with Gasteiger partial charge in [-0.1, -0.05) is 0 Å². The fourth-order valence-electron chi connectivity index (χ4n) is 4.17. The van der Waals surface area contributed by atoms with E-state index >= 15 is 0 Å². The average Bonchev–Trinajstić information content (AvgIpc) is 3.39. The van der Waals surface area contributed by atoms with Crippen LogP contribution in [0.2, 0.25) is 0 Å². The van der Waals surface area contributed by atoms with E-state index in [0.717, 1.165) is 34.4 Å². The molecule has 0 spiro atoms. The summed E-state index contributed by atoms with van der Waals surface area (Å²) >= 11 is 1.66. The highest BCUT2D eigenvalue weighted by Gasteiger charge is 2.28. The van der Waals surface area contributed by atoms with E-state index in [1.54, 1.807) is 28.0 Å². The van der Waals surface area contributed by atoms with Gasteiger partial charge in [0, 0.05) is 54.6 Å². The first-order valence-electron chi connectivity index (χ1n) is 10.8. The van der Waals surface area contributed by atoms with E-state index in [1.807, 2.05) is 43.6 Å². The van der Waals surface area contributed by atoms with Crippen molar-refractivity contribution in [3.63, 3.8) is 0 Å². The zero-order chi connectivity index (χ0) is 22.6. The monoisotopic (exact) mass is 455 g/mol.